The molecular formula is C19H21N3O5S. The lowest BCUT2D eigenvalue weighted by molar-refractivity contribution is -0.148. The smallest absolute Gasteiger partial charge is 0.328 e. The molecule has 9 heteroatoms. The highest BCUT2D eigenvalue weighted by molar-refractivity contribution is 7.13. The Morgan fingerprint density at radius 1 is 1.25 bits per heavy atom. The quantitative estimate of drug-likeness (QED) is 0.518. The van der Waals surface area contributed by atoms with Gasteiger partial charge in [0.05, 0.1) is 12.8 Å². The largest absolute Gasteiger partial charge is 0.497 e. The van der Waals surface area contributed by atoms with Gasteiger partial charge in [-0.15, -0.1) is 11.3 Å². The molecule has 0 radical (unpaired) electrons. The summed E-state index contributed by atoms with van der Waals surface area (Å²) in [6, 6.07) is 6.37. The van der Waals surface area contributed by atoms with Crippen molar-refractivity contribution in [2.24, 2.45) is 0 Å². The van der Waals surface area contributed by atoms with Gasteiger partial charge >= 0.3 is 5.97 Å². The molecule has 0 aliphatic rings. The Balaban J connectivity index is 1.78. The average molecular weight is 403 g/mol. The predicted octanol–water partition coefficient (Wildman–Crippen LogP) is 2.37. The molecule has 1 aromatic carbocycles. The summed E-state index contributed by atoms with van der Waals surface area (Å²) >= 11 is 1.23. The van der Waals surface area contributed by atoms with Gasteiger partial charge in [-0.3, -0.25) is 9.59 Å². The van der Waals surface area contributed by atoms with Crippen LogP contribution in [0.25, 0.3) is 6.08 Å². The van der Waals surface area contributed by atoms with Crippen LogP contribution in [-0.4, -0.2) is 35.9 Å². The first kappa shape index (κ1) is 21.1. The summed E-state index contributed by atoms with van der Waals surface area (Å²) in [5.41, 5.74) is 1.34. The van der Waals surface area contributed by atoms with Gasteiger partial charge in [-0.1, -0.05) is 12.1 Å². The van der Waals surface area contributed by atoms with Gasteiger partial charge in [-0.05, 0) is 30.7 Å². The summed E-state index contributed by atoms with van der Waals surface area (Å²) in [7, 11) is 1.58. The van der Waals surface area contributed by atoms with Gasteiger partial charge in [0.25, 0.3) is 0 Å². The molecule has 148 valence electrons. The Morgan fingerprint density at radius 3 is 2.61 bits per heavy atom. The van der Waals surface area contributed by atoms with Crippen molar-refractivity contribution in [2.45, 2.75) is 26.5 Å². The van der Waals surface area contributed by atoms with E-state index in [1.165, 1.54) is 31.3 Å². The number of ether oxygens (including phenoxy) is 2. The van der Waals surface area contributed by atoms with E-state index >= 15 is 0 Å². The van der Waals surface area contributed by atoms with Crippen LogP contribution in [0.3, 0.4) is 0 Å². The monoisotopic (exact) mass is 403 g/mol. The maximum atomic E-state index is 12.0. The summed E-state index contributed by atoms with van der Waals surface area (Å²) < 4.78 is 10.2. The number of hydrogen-bond acceptors (Lipinski definition) is 7. The normalized spacial score (nSPS) is 11.7. The Morgan fingerprint density at radius 2 is 1.96 bits per heavy atom. The van der Waals surface area contributed by atoms with Crippen LogP contribution in [0.15, 0.2) is 35.7 Å². The molecule has 0 saturated carbocycles. The molecule has 2 N–H and O–H groups in total. The summed E-state index contributed by atoms with van der Waals surface area (Å²) in [4.78, 5) is 39.1. The number of carbonyl (C=O) groups excluding carboxylic acids is 3. The minimum atomic E-state index is -0.818. The van der Waals surface area contributed by atoms with Gasteiger partial charge in [0.1, 0.15) is 18.4 Å². The van der Waals surface area contributed by atoms with Gasteiger partial charge in [0.15, 0.2) is 5.13 Å². The molecule has 8 nitrogen and oxygen atoms in total. The van der Waals surface area contributed by atoms with Gasteiger partial charge in [-0.25, -0.2) is 9.78 Å². The van der Waals surface area contributed by atoms with Crippen LogP contribution >= 0.6 is 11.3 Å². The number of methoxy groups -OCH3 is 1. The maximum Gasteiger partial charge on any atom is 0.328 e. The molecule has 0 aliphatic carbocycles. The number of rotatable bonds is 8. The molecule has 0 fully saturated rings. The number of thiazole rings is 1. The van der Waals surface area contributed by atoms with E-state index in [0.29, 0.717) is 10.8 Å². The fraction of sp³-hybridized carbons (Fsp3) is 0.263. The standard InChI is InChI=1S/C19H21N3O5S/c1-12(18(25)27-10-15-11-28-19(22-15)21-13(2)23)20-17(24)9-6-14-4-7-16(26-3)8-5-14/h4-9,11-12H,10H2,1-3H3,(H,20,24)(H,21,22,23)/b9-6+. The van der Waals surface area contributed by atoms with Gasteiger partial charge in [-0.2, -0.15) is 0 Å². The minimum Gasteiger partial charge on any atom is -0.497 e. The molecule has 28 heavy (non-hydrogen) atoms. The number of anilines is 1. The Kier molecular flexibility index (Phi) is 7.70. The molecule has 1 heterocycles. The van der Waals surface area contributed by atoms with Gasteiger partial charge < -0.3 is 20.1 Å². The zero-order valence-electron chi connectivity index (χ0n) is 15.7. The first-order valence-electron chi connectivity index (χ1n) is 8.38. The minimum absolute atomic E-state index is 0.0448. The average Bonchev–Trinajstić information content (AvgIpc) is 3.11. The predicted molar refractivity (Wildman–Crippen MR) is 106 cm³/mol. The Labute approximate surface area is 166 Å². The second-order valence-electron chi connectivity index (χ2n) is 5.77. The second kappa shape index (κ2) is 10.2. The number of nitrogens with zero attached hydrogens (tertiary/aromatic N) is 1. The van der Waals surface area contributed by atoms with Crippen LogP contribution in [0.1, 0.15) is 25.1 Å². The zero-order valence-corrected chi connectivity index (χ0v) is 16.5. The van der Waals surface area contributed by atoms with Crippen LogP contribution in [0, 0.1) is 0 Å². The molecule has 2 amide bonds. The fourth-order valence-electron chi connectivity index (χ4n) is 2.06. The van der Waals surface area contributed by atoms with E-state index in [4.69, 9.17) is 9.47 Å². The third-order valence-electron chi connectivity index (χ3n) is 3.45. The summed E-state index contributed by atoms with van der Waals surface area (Å²) in [5.74, 6) is -0.499. The van der Waals surface area contributed by atoms with Crippen molar-refractivity contribution in [2.75, 3.05) is 12.4 Å². The van der Waals surface area contributed by atoms with E-state index in [2.05, 4.69) is 15.6 Å². The molecule has 1 unspecified atom stereocenters. The molecule has 0 bridgehead atoms. The molecule has 2 aromatic rings. The number of benzene rings is 1. The number of amides is 2. The lowest BCUT2D eigenvalue weighted by Crippen LogP contribution is -2.38. The van der Waals surface area contributed by atoms with Crippen molar-refractivity contribution in [3.63, 3.8) is 0 Å². The highest BCUT2D eigenvalue weighted by atomic mass is 32.1. The molecule has 0 saturated heterocycles. The third kappa shape index (κ3) is 6.84. The van der Waals surface area contributed by atoms with Gasteiger partial charge in [0, 0.05) is 18.4 Å². The summed E-state index contributed by atoms with van der Waals surface area (Å²) in [5, 5.41) is 7.21. The lowest BCUT2D eigenvalue weighted by Gasteiger charge is -2.11. The number of hydrogen-bond donors (Lipinski definition) is 2. The van der Waals surface area contributed by atoms with Crippen LogP contribution in [0.2, 0.25) is 0 Å². The summed E-state index contributed by atoms with van der Waals surface area (Å²) in [6.07, 6.45) is 2.97. The lowest BCUT2D eigenvalue weighted by atomic mass is 10.2. The van der Waals surface area contributed by atoms with E-state index in [0.717, 1.165) is 11.3 Å². The number of esters is 1. The first-order chi connectivity index (χ1) is 13.4. The molecule has 0 aliphatic heterocycles. The zero-order chi connectivity index (χ0) is 20.5. The van der Waals surface area contributed by atoms with Crippen molar-refractivity contribution in [3.05, 3.63) is 47.0 Å². The van der Waals surface area contributed by atoms with Crippen LogP contribution < -0.4 is 15.4 Å². The van der Waals surface area contributed by atoms with Crippen molar-refractivity contribution in [1.29, 1.82) is 0 Å². The van der Waals surface area contributed by atoms with Crippen LogP contribution in [-0.2, 0) is 25.7 Å². The second-order valence-corrected chi connectivity index (χ2v) is 6.63. The van der Waals surface area contributed by atoms with E-state index in [-0.39, 0.29) is 12.5 Å². The van der Waals surface area contributed by atoms with E-state index in [1.807, 2.05) is 12.1 Å². The van der Waals surface area contributed by atoms with Crippen molar-refractivity contribution in [1.82, 2.24) is 10.3 Å². The van der Waals surface area contributed by atoms with Gasteiger partial charge in [0.2, 0.25) is 11.8 Å². The maximum absolute atomic E-state index is 12.0. The molecule has 0 spiro atoms. The van der Waals surface area contributed by atoms with Crippen molar-refractivity contribution >= 4 is 40.3 Å². The van der Waals surface area contributed by atoms with Crippen molar-refractivity contribution < 1.29 is 23.9 Å². The van der Waals surface area contributed by atoms with E-state index < -0.39 is 17.9 Å². The number of nitrogens with one attached hydrogen (secondary N) is 2. The first-order valence-corrected chi connectivity index (χ1v) is 9.26. The summed E-state index contributed by atoms with van der Waals surface area (Å²) in [6.45, 7) is 2.87. The van der Waals surface area contributed by atoms with Crippen LogP contribution in [0.5, 0.6) is 5.75 Å². The van der Waals surface area contributed by atoms with E-state index in [9.17, 15) is 14.4 Å². The topological polar surface area (TPSA) is 107 Å². The molecule has 1 atom stereocenters. The Hall–Kier alpha value is -3.20. The Bertz CT molecular complexity index is 861. The fourth-order valence-corrected chi connectivity index (χ4v) is 2.80. The molecule has 1 aromatic heterocycles. The van der Waals surface area contributed by atoms with Crippen molar-refractivity contribution in [3.8, 4) is 5.75 Å². The highest BCUT2D eigenvalue weighted by Gasteiger charge is 2.16. The SMILES string of the molecule is COc1ccc(/C=C/C(=O)NC(C)C(=O)OCc2csc(NC(C)=O)n2)cc1. The molecular weight excluding hydrogens is 382 g/mol. The third-order valence-corrected chi connectivity index (χ3v) is 4.26. The highest BCUT2D eigenvalue weighted by Crippen LogP contribution is 2.16. The van der Waals surface area contributed by atoms with E-state index in [1.54, 1.807) is 30.7 Å². The van der Waals surface area contributed by atoms with Crippen LogP contribution in [0.4, 0.5) is 5.13 Å². The molecule has 2 rings (SSSR count). The number of carbonyl (C=O) groups is 3. The number of aromatic nitrogens is 1.